The highest BCUT2D eigenvalue weighted by Crippen LogP contribution is 2.25. The highest BCUT2D eigenvalue weighted by atomic mass is 32.2. The monoisotopic (exact) mass is 492 g/mol. The maximum Gasteiger partial charge on any atom is 0.234 e. The molecule has 0 radical (unpaired) electrons. The van der Waals surface area contributed by atoms with Gasteiger partial charge in [0, 0.05) is 30.3 Å². The topological polar surface area (TPSA) is 106 Å². The maximum absolute atomic E-state index is 12.7. The first-order chi connectivity index (χ1) is 16.9. The number of piperidine rings is 1. The lowest BCUT2D eigenvalue weighted by atomic mass is 9.96. The molecule has 0 atom stereocenters. The number of hydrogen-bond acceptors (Lipinski definition) is 6. The molecule has 2 amide bonds. The highest BCUT2D eigenvalue weighted by Gasteiger charge is 2.23. The van der Waals surface area contributed by atoms with E-state index in [1.807, 2.05) is 34.9 Å². The van der Waals surface area contributed by atoms with E-state index in [0.29, 0.717) is 0 Å². The molecule has 1 aliphatic rings. The second-order valence-electron chi connectivity index (χ2n) is 8.91. The molecule has 3 aromatic rings. The number of benzene rings is 2. The van der Waals surface area contributed by atoms with E-state index < -0.39 is 0 Å². The molecule has 1 aromatic heterocycles. The van der Waals surface area contributed by atoms with Crippen molar-refractivity contribution in [3.63, 3.8) is 0 Å². The average molecular weight is 493 g/mol. The van der Waals surface area contributed by atoms with Gasteiger partial charge in [0.2, 0.25) is 11.8 Å². The number of thioether (sulfide) groups is 1. The fourth-order valence-electron chi connectivity index (χ4n) is 4.39. The Morgan fingerprint density at radius 2 is 1.89 bits per heavy atom. The Labute approximate surface area is 210 Å². The Morgan fingerprint density at radius 1 is 1.11 bits per heavy atom. The van der Waals surface area contributed by atoms with E-state index in [0.717, 1.165) is 66.8 Å². The number of nitrogens with one attached hydrogen (secondary N) is 1. The fourth-order valence-corrected chi connectivity index (χ4v) is 5.19. The van der Waals surface area contributed by atoms with Gasteiger partial charge in [0.25, 0.3) is 0 Å². The summed E-state index contributed by atoms with van der Waals surface area (Å²) < 4.78 is 2.04. The molecular formula is C26H32N6O2S. The van der Waals surface area contributed by atoms with Gasteiger partial charge in [0.1, 0.15) is 0 Å². The van der Waals surface area contributed by atoms with Crippen LogP contribution in [0.1, 0.15) is 30.9 Å². The van der Waals surface area contributed by atoms with Gasteiger partial charge in [0.15, 0.2) is 11.0 Å². The predicted molar refractivity (Wildman–Crippen MR) is 139 cm³/mol. The maximum atomic E-state index is 12.7. The van der Waals surface area contributed by atoms with Gasteiger partial charge in [0.05, 0.1) is 5.75 Å². The van der Waals surface area contributed by atoms with Crippen LogP contribution >= 0.6 is 11.8 Å². The quantitative estimate of drug-likeness (QED) is 0.441. The van der Waals surface area contributed by atoms with Crippen molar-refractivity contribution in [1.29, 1.82) is 0 Å². The van der Waals surface area contributed by atoms with Crippen LogP contribution in [-0.2, 0) is 22.7 Å². The highest BCUT2D eigenvalue weighted by molar-refractivity contribution is 7.99. The van der Waals surface area contributed by atoms with Crippen LogP contribution in [0.4, 0.5) is 5.69 Å². The second-order valence-corrected chi connectivity index (χ2v) is 9.85. The lowest BCUT2D eigenvalue weighted by molar-refractivity contribution is -0.123. The van der Waals surface area contributed by atoms with Crippen LogP contribution in [0.5, 0.6) is 0 Å². The van der Waals surface area contributed by atoms with Gasteiger partial charge in [-0.15, -0.1) is 10.2 Å². The molecule has 35 heavy (non-hydrogen) atoms. The molecular weight excluding hydrogens is 460 g/mol. The van der Waals surface area contributed by atoms with Crippen LogP contribution in [0.2, 0.25) is 0 Å². The zero-order valence-electron chi connectivity index (χ0n) is 20.2. The first-order valence-electron chi connectivity index (χ1n) is 12.0. The standard InChI is InChI=1S/C26H32N6O2S/c1-3-32-25(21-8-4-6-18(2)14-21)29-30-26(32)35-17-23(33)28-22-9-5-7-19(15-22)16-31-12-10-20(11-13-31)24(27)34/h4-9,14-15,20H,3,10-13,16-17H2,1-2H3,(H2,27,34)(H,28,33). The molecule has 0 saturated carbocycles. The molecule has 4 rings (SSSR count). The lowest BCUT2D eigenvalue weighted by Gasteiger charge is -2.30. The van der Waals surface area contributed by atoms with Crippen molar-refractivity contribution in [2.45, 2.75) is 44.9 Å². The average Bonchev–Trinajstić information content (AvgIpc) is 3.26. The predicted octanol–water partition coefficient (Wildman–Crippen LogP) is 3.70. The van der Waals surface area contributed by atoms with E-state index in [4.69, 9.17) is 5.73 Å². The molecule has 0 aliphatic carbocycles. The third-order valence-corrected chi connectivity index (χ3v) is 7.22. The Hall–Kier alpha value is -3.17. The van der Waals surface area contributed by atoms with Crippen molar-refractivity contribution >= 4 is 29.3 Å². The lowest BCUT2D eigenvalue weighted by Crippen LogP contribution is -2.38. The third kappa shape index (κ3) is 6.49. The van der Waals surface area contributed by atoms with Gasteiger partial charge < -0.3 is 15.6 Å². The van der Waals surface area contributed by atoms with Crippen molar-refractivity contribution in [2.24, 2.45) is 11.7 Å². The molecule has 1 fully saturated rings. The Balaban J connectivity index is 1.32. The van der Waals surface area contributed by atoms with Gasteiger partial charge in [-0.2, -0.15) is 0 Å². The summed E-state index contributed by atoms with van der Waals surface area (Å²) in [6.45, 7) is 7.31. The smallest absolute Gasteiger partial charge is 0.234 e. The summed E-state index contributed by atoms with van der Waals surface area (Å²) >= 11 is 1.39. The van der Waals surface area contributed by atoms with Gasteiger partial charge in [-0.1, -0.05) is 47.7 Å². The van der Waals surface area contributed by atoms with Crippen molar-refractivity contribution in [3.8, 4) is 11.4 Å². The van der Waals surface area contributed by atoms with Gasteiger partial charge in [-0.3, -0.25) is 14.5 Å². The van der Waals surface area contributed by atoms with Crippen LogP contribution in [0.15, 0.2) is 53.7 Å². The molecule has 1 saturated heterocycles. The number of aromatic nitrogens is 3. The summed E-state index contributed by atoms with van der Waals surface area (Å²) in [6.07, 6.45) is 1.61. The van der Waals surface area contributed by atoms with Crippen LogP contribution in [0, 0.1) is 12.8 Å². The van der Waals surface area contributed by atoms with Gasteiger partial charge in [-0.25, -0.2) is 0 Å². The Morgan fingerprint density at radius 3 is 2.60 bits per heavy atom. The first kappa shape index (κ1) is 24.9. The molecule has 9 heteroatoms. The Bertz CT molecular complexity index is 1190. The summed E-state index contributed by atoms with van der Waals surface area (Å²) in [7, 11) is 0. The zero-order valence-corrected chi connectivity index (χ0v) is 21.1. The number of nitrogens with zero attached hydrogens (tertiary/aromatic N) is 4. The molecule has 1 aliphatic heterocycles. The first-order valence-corrected chi connectivity index (χ1v) is 12.9. The number of primary amides is 1. The summed E-state index contributed by atoms with van der Waals surface area (Å²) in [6, 6.07) is 16.1. The molecule has 2 aromatic carbocycles. The number of anilines is 1. The van der Waals surface area contributed by atoms with E-state index in [-0.39, 0.29) is 23.5 Å². The third-order valence-electron chi connectivity index (χ3n) is 6.25. The van der Waals surface area contributed by atoms with Crippen LogP contribution in [0.3, 0.4) is 0 Å². The van der Waals surface area contributed by atoms with Crippen molar-refractivity contribution < 1.29 is 9.59 Å². The normalized spacial score (nSPS) is 14.7. The fraction of sp³-hybridized carbons (Fsp3) is 0.385. The number of carbonyl (C=O) groups excluding carboxylic acids is 2. The molecule has 0 spiro atoms. The van der Waals surface area contributed by atoms with Gasteiger partial charge >= 0.3 is 0 Å². The van der Waals surface area contributed by atoms with E-state index in [9.17, 15) is 9.59 Å². The van der Waals surface area contributed by atoms with Crippen molar-refractivity contribution in [2.75, 3.05) is 24.2 Å². The van der Waals surface area contributed by atoms with Crippen LogP contribution in [0.25, 0.3) is 11.4 Å². The van der Waals surface area contributed by atoms with Crippen LogP contribution in [-0.4, -0.2) is 50.3 Å². The van der Waals surface area contributed by atoms with Crippen LogP contribution < -0.4 is 11.1 Å². The minimum absolute atomic E-state index is 0.0132. The number of aryl methyl sites for hydroxylation is 1. The molecule has 0 bridgehead atoms. The molecule has 2 heterocycles. The Kier molecular flexibility index (Phi) is 8.20. The minimum Gasteiger partial charge on any atom is -0.369 e. The summed E-state index contributed by atoms with van der Waals surface area (Å²) in [5.41, 5.74) is 9.52. The SMILES string of the molecule is CCn1c(SCC(=O)Nc2cccc(CN3CCC(C(N)=O)CC3)c2)nnc1-c1cccc(C)c1. The summed E-state index contributed by atoms with van der Waals surface area (Å²) in [5.74, 6) is 0.761. The second kappa shape index (κ2) is 11.5. The largest absolute Gasteiger partial charge is 0.369 e. The molecule has 3 N–H and O–H groups in total. The number of amides is 2. The van der Waals surface area contributed by atoms with Crippen molar-refractivity contribution in [1.82, 2.24) is 19.7 Å². The van der Waals surface area contributed by atoms with E-state index in [2.05, 4.69) is 52.5 Å². The van der Waals surface area contributed by atoms with E-state index in [1.165, 1.54) is 17.3 Å². The number of carbonyl (C=O) groups is 2. The molecule has 184 valence electrons. The molecule has 8 nitrogen and oxygen atoms in total. The summed E-state index contributed by atoms with van der Waals surface area (Å²) in [4.78, 5) is 26.4. The van der Waals surface area contributed by atoms with E-state index in [1.54, 1.807) is 0 Å². The number of hydrogen-bond donors (Lipinski definition) is 2. The van der Waals surface area contributed by atoms with Crippen molar-refractivity contribution in [3.05, 3.63) is 59.7 Å². The van der Waals surface area contributed by atoms with Gasteiger partial charge in [-0.05, 0) is 63.5 Å². The number of nitrogens with two attached hydrogens (primary N) is 1. The zero-order chi connectivity index (χ0) is 24.8. The minimum atomic E-state index is -0.198. The number of rotatable bonds is 9. The van der Waals surface area contributed by atoms with E-state index >= 15 is 0 Å². The number of likely N-dealkylation sites (tertiary alicyclic amines) is 1. The summed E-state index contributed by atoms with van der Waals surface area (Å²) in [5, 5.41) is 12.4. The molecule has 0 unspecified atom stereocenters.